The zero-order valence-electron chi connectivity index (χ0n) is 18.8. The van der Waals surface area contributed by atoms with E-state index in [0.717, 1.165) is 10.5 Å². The zero-order chi connectivity index (χ0) is 26.9. The molecule has 4 rings (SSSR count). The molecule has 0 bridgehead atoms. The van der Waals surface area contributed by atoms with E-state index in [0.29, 0.717) is 46.2 Å². The van der Waals surface area contributed by atoms with Crippen LogP contribution in [0.2, 0.25) is 10.0 Å². The van der Waals surface area contributed by atoms with Gasteiger partial charge in [-0.25, -0.2) is 9.69 Å². The summed E-state index contributed by atoms with van der Waals surface area (Å²) in [7, 11) is 1.46. The van der Waals surface area contributed by atoms with E-state index in [2.05, 4.69) is 53.1 Å². The molecular formula is C25H15Br3Cl2N2O5. The molecule has 1 aliphatic rings. The van der Waals surface area contributed by atoms with Gasteiger partial charge in [-0.05, 0) is 85.5 Å². The van der Waals surface area contributed by atoms with Crippen LogP contribution in [0.4, 0.5) is 10.5 Å². The first-order valence-electron chi connectivity index (χ1n) is 10.4. The molecule has 1 saturated heterocycles. The second-order valence-electron chi connectivity index (χ2n) is 7.60. The van der Waals surface area contributed by atoms with Gasteiger partial charge >= 0.3 is 6.03 Å². The van der Waals surface area contributed by atoms with E-state index in [4.69, 9.17) is 32.7 Å². The van der Waals surface area contributed by atoms with Crippen molar-refractivity contribution < 1.29 is 23.9 Å². The van der Waals surface area contributed by atoms with Gasteiger partial charge in [-0.15, -0.1) is 0 Å². The Morgan fingerprint density at radius 1 is 0.973 bits per heavy atom. The minimum absolute atomic E-state index is 0.170. The smallest absolute Gasteiger partial charge is 0.335 e. The van der Waals surface area contributed by atoms with Gasteiger partial charge in [0.25, 0.3) is 11.8 Å². The molecule has 1 heterocycles. The molecule has 12 heteroatoms. The number of methoxy groups -OCH3 is 1. The number of urea groups is 1. The Morgan fingerprint density at radius 2 is 1.73 bits per heavy atom. The van der Waals surface area contributed by atoms with Gasteiger partial charge in [-0.1, -0.05) is 51.3 Å². The number of carbonyl (C=O) groups excluding carboxylic acids is 3. The van der Waals surface area contributed by atoms with Crippen molar-refractivity contribution in [3.05, 3.63) is 88.7 Å². The molecule has 1 fully saturated rings. The van der Waals surface area contributed by atoms with E-state index in [9.17, 15) is 14.4 Å². The third-order valence-corrected chi connectivity index (χ3v) is 8.59. The molecule has 1 aliphatic heterocycles. The lowest BCUT2D eigenvalue weighted by Gasteiger charge is -2.26. The number of benzene rings is 3. The number of nitrogens with one attached hydrogen (secondary N) is 1. The highest BCUT2D eigenvalue weighted by atomic mass is 79.9. The summed E-state index contributed by atoms with van der Waals surface area (Å²) in [4.78, 5) is 39.3. The summed E-state index contributed by atoms with van der Waals surface area (Å²) in [6.45, 7) is 0.170. The van der Waals surface area contributed by atoms with E-state index in [1.165, 1.54) is 13.2 Å². The van der Waals surface area contributed by atoms with Gasteiger partial charge in [-0.3, -0.25) is 14.9 Å². The predicted octanol–water partition coefficient (Wildman–Crippen LogP) is 7.53. The predicted molar refractivity (Wildman–Crippen MR) is 152 cm³/mol. The Kier molecular flexibility index (Phi) is 8.65. The average Bonchev–Trinajstić information content (AvgIpc) is 2.85. The molecule has 0 saturated carbocycles. The van der Waals surface area contributed by atoms with Gasteiger partial charge in [0.1, 0.15) is 12.2 Å². The van der Waals surface area contributed by atoms with Crippen molar-refractivity contribution in [2.75, 3.05) is 12.0 Å². The molecular weight excluding hydrogens is 719 g/mol. The summed E-state index contributed by atoms with van der Waals surface area (Å²) in [5, 5.41) is 3.05. The van der Waals surface area contributed by atoms with Crippen LogP contribution in [0, 0.1) is 0 Å². The maximum atomic E-state index is 13.2. The van der Waals surface area contributed by atoms with Gasteiger partial charge in [0.15, 0.2) is 11.5 Å². The van der Waals surface area contributed by atoms with Crippen molar-refractivity contribution >= 4 is 101 Å². The van der Waals surface area contributed by atoms with Gasteiger partial charge < -0.3 is 9.47 Å². The number of barbiturate groups is 1. The largest absolute Gasteiger partial charge is 0.493 e. The van der Waals surface area contributed by atoms with E-state index in [1.54, 1.807) is 48.5 Å². The maximum absolute atomic E-state index is 13.2. The lowest BCUT2D eigenvalue weighted by molar-refractivity contribution is -0.122. The van der Waals surface area contributed by atoms with Crippen LogP contribution in [0.15, 0.2) is 67.5 Å². The van der Waals surface area contributed by atoms with Crippen LogP contribution >= 0.6 is 71.0 Å². The molecule has 0 aliphatic carbocycles. The van der Waals surface area contributed by atoms with E-state index in [1.807, 2.05) is 0 Å². The fraction of sp³-hybridized carbons (Fsp3) is 0.0800. The third-order valence-electron chi connectivity index (χ3n) is 5.21. The first-order chi connectivity index (χ1) is 17.6. The highest BCUT2D eigenvalue weighted by molar-refractivity contribution is 9.13. The Morgan fingerprint density at radius 3 is 2.41 bits per heavy atom. The van der Waals surface area contributed by atoms with Crippen molar-refractivity contribution in [1.82, 2.24) is 5.32 Å². The summed E-state index contributed by atoms with van der Waals surface area (Å²) in [6, 6.07) is 12.5. The zero-order valence-corrected chi connectivity index (χ0v) is 25.1. The molecule has 4 amide bonds. The van der Waals surface area contributed by atoms with Crippen LogP contribution in [0.3, 0.4) is 0 Å². The summed E-state index contributed by atoms with van der Waals surface area (Å²) in [5.41, 5.74) is 1.29. The van der Waals surface area contributed by atoms with Gasteiger partial charge in [0, 0.05) is 8.95 Å². The number of halogens is 5. The lowest BCUT2D eigenvalue weighted by Crippen LogP contribution is -2.54. The van der Waals surface area contributed by atoms with Crippen LogP contribution in [0.5, 0.6) is 11.5 Å². The molecule has 37 heavy (non-hydrogen) atoms. The number of hydrogen-bond acceptors (Lipinski definition) is 5. The molecule has 7 nitrogen and oxygen atoms in total. The van der Waals surface area contributed by atoms with Crippen LogP contribution in [-0.4, -0.2) is 25.0 Å². The molecule has 0 atom stereocenters. The SMILES string of the molecule is COc1cc(/C=C2\C(=O)NC(=O)N(c3cccc(Br)c3)C2=O)c(Br)c(Br)c1OCc1ccc(Cl)c(Cl)c1. The van der Waals surface area contributed by atoms with Crippen LogP contribution < -0.4 is 19.7 Å². The highest BCUT2D eigenvalue weighted by Gasteiger charge is 2.37. The van der Waals surface area contributed by atoms with Crippen LogP contribution in [0.1, 0.15) is 11.1 Å². The third kappa shape index (κ3) is 5.88. The van der Waals surface area contributed by atoms with Crippen LogP contribution in [-0.2, 0) is 16.2 Å². The number of nitrogens with zero attached hydrogens (tertiary/aromatic N) is 1. The lowest BCUT2D eigenvalue weighted by atomic mass is 10.1. The number of anilines is 1. The van der Waals surface area contributed by atoms with Crippen molar-refractivity contribution in [3.63, 3.8) is 0 Å². The number of amides is 4. The molecule has 1 N–H and O–H groups in total. The second-order valence-corrected chi connectivity index (χ2v) is 10.9. The number of hydrogen-bond donors (Lipinski definition) is 1. The normalized spacial score (nSPS) is 14.7. The van der Waals surface area contributed by atoms with Gasteiger partial charge in [-0.2, -0.15) is 0 Å². The number of rotatable bonds is 6. The molecule has 0 unspecified atom stereocenters. The van der Waals surface area contributed by atoms with Crippen molar-refractivity contribution in [2.24, 2.45) is 0 Å². The fourth-order valence-electron chi connectivity index (χ4n) is 3.44. The second kappa shape index (κ2) is 11.6. The average molecular weight is 734 g/mol. The minimum Gasteiger partial charge on any atom is -0.493 e. The van der Waals surface area contributed by atoms with E-state index in [-0.39, 0.29) is 12.2 Å². The van der Waals surface area contributed by atoms with Crippen molar-refractivity contribution in [3.8, 4) is 11.5 Å². The molecule has 0 radical (unpaired) electrons. The first-order valence-corrected chi connectivity index (χ1v) is 13.5. The highest BCUT2D eigenvalue weighted by Crippen LogP contribution is 2.44. The molecule has 3 aromatic rings. The summed E-state index contributed by atoms with van der Waals surface area (Å²) in [6.07, 6.45) is 1.37. The standard InChI is InChI=1S/C25H15Br3Cl2N2O5/c1-36-19-9-13(20(27)21(28)22(19)37-11-12-5-6-17(29)18(30)7-12)8-16-23(33)31-25(35)32(24(16)34)15-4-2-3-14(26)10-15/h2-10H,11H2,1H3,(H,31,33,35)/b16-8+. The number of carbonyl (C=O) groups is 3. The van der Waals surface area contributed by atoms with Crippen molar-refractivity contribution in [2.45, 2.75) is 6.61 Å². The quantitative estimate of drug-likeness (QED) is 0.209. The topological polar surface area (TPSA) is 84.9 Å². The Bertz CT molecular complexity index is 1480. The number of imide groups is 2. The Hall–Kier alpha value is -2.37. The molecule has 0 spiro atoms. The molecule has 0 aromatic heterocycles. The van der Waals surface area contributed by atoms with Gasteiger partial charge in [0.05, 0.1) is 27.3 Å². The first kappa shape index (κ1) is 27.7. The number of ether oxygens (including phenoxy) is 2. The Labute approximate surface area is 247 Å². The monoisotopic (exact) mass is 730 g/mol. The molecule has 190 valence electrons. The summed E-state index contributed by atoms with van der Waals surface area (Å²) >= 11 is 22.4. The van der Waals surface area contributed by atoms with Crippen LogP contribution in [0.25, 0.3) is 6.08 Å². The summed E-state index contributed by atoms with van der Waals surface area (Å²) in [5.74, 6) is -0.865. The van der Waals surface area contributed by atoms with E-state index >= 15 is 0 Å². The van der Waals surface area contributed by atoms with Crippen molar-refractivity contribution in [1.29, 1.82) is 0 Å². The summed E-state index contributed by atoms with van der Waals surface area (Å²) < 4.78 is 13.1. The van der Waals surface area contributed by atoms with E-state index < -0.39 is 17.8 Å². The molecule has 3 aromatic carbocycles. The van der Waals surface area contributed by atoms with Gasteiger partial charge in [0.2, 0.25) is 0 Å². The maximum Gasteiger partial charge on any atom is 0.335 e. The minimum atomic E-state index is -0.839. The fourth-order valence-corrected chi connectivity index (χ4v) is 5.10. The Balaban J connectivity index is 1.69.